The van der Waals surface area contributed by atoms with E-state index in [0.717, 1.165) is 11.1 Å². The number of carbonyl (C=O) groups is 4. The molecule has 4 aromatic rings. The van der Waals surface area contributed by atoms with Gasteiger partial charge in [0, 0.05) is 13.1 Å². The Bertz CT molecular complexity index is 1630. The van der Waals surface area contributed by atoms with Gasteiger partial charge in [-0.2, -0.15) is 0 Å². The number of aromatic nitrogens is 2. The quantitative estimate of drug-likeness (QED) is 0.238. The van der Waals surface area contributed by atoms with Crippen molar-refractivity contribution >= 4 is 35.6 Å². The molecule has 2 fully saturated rings. The number of benzene rings is 2. The largest absolute Gasteiger partial charge is 0.445 e. The lowest BCUT2D eigenvalue weighted by Gasteiger charge is -2.23. The van der Waals surface area contributed by atoms with Crippen molar-refractivity contribution in [3.8, 4) is 11.4 Å². The van der Waals surface area contributed by atoms with Gasteiger partial charge in [0.2, 0.25) is 11.8 Å². The van der Waals surface area contributed by atoms with E-state index in [9.17, 15) is 19.2 Å². The smallest absolute Gasteiger partial charge is 0.410 e. The van der Waals surface area contributed by atoms with Crippen molar-refractivity contribution in [3.63, 3.8) is 0 Å². The zero-order valence-electron chi connectivity index (χ0n) is 26.3. The lowest BCUT2D eigenvalue weighted by Crippen LogP contribution is -2.43. The van der Waals surface area contributed by atoms with Gasteiger partial charge in [-0.25, -0.2) is 19.6 Å². The van der Waals surface area contributed by atoms with Gasteiger partial charge in [0.1, 0.15) is 36.9 Å². The summed E-state index contributed by atoms with van der Waals surface area (Å²) in [6.07, 6.45) is 1.32. The Balaban J connectivity index is 1.05. The number of hydrogen-bond donors (Lipinski definition) is 2. The lowest BCUT2D eigenvalue weighted by atomic mass is 10.2. The lowest BCUT2D eigenvalue weighted by molar-refractivity contribution is -0.120. The normalized spacial score (nSPS) is 17.1. The second-order valence-electron chi connectivity index (χ2n) is 11.6. The molecule has 2 aromatic heterocycles. The van der Waals surface area contributed by atoms with Gasteiger partial charge in [-0.15, -0.1) is 0 Å². The molecule has 2 aliphatic rings. The Hall–Kier alpha value is -5.78. The molecule has 0 spiro atoms. The predicted molar refractivity (Wildman–Crippen MR) is 177 cm³/mol. The third-order valence-corrected chi connectivity index (χ3v) is 8.25. The maximum atomic E-state index is 13.2. The molecule has 48 heavy (non-hydrogen) atoms. The van der Waals surface area contributed by atoms with Crippen LogP contribution in [0.25, 0.3) is 11.4 Å². The molecule has 6 rings (SSSR count). The summed E-state index contributed by atoms with van der Waals surface area (Å²) in [5.41, 5.74) is 2.68. The summed E-state index contributed by atoms with van der Waals surface area (Å²) in [5.74, 6) is -0.111. The van der Waals surface area contributed by atoms with E-state index < -0.39 is 24.3 Å². The first-order valence-corrected chi connectivity index (χ1v) is 16.0. The highest BCUT2D eigenvalue weighted by molar-refractivity contribution is 5.97. The fraction of sp³-hybridized carbons (Fsp3) is 0.278. The van der Waals surface area contributed by atoms with Crippen molar-refractivity contribution in [2.75, 3.05) is 23.7 Å². The van der Waals surface area contributed by atoms with Crippen LogP contribution in [0, 0.1) is 0 Å². The second-order valence-corrected chi connectivity index (χ2v) is 11.6. The minimum absolute atomic E-state index is 0.126. The molecular formula is C36H36N6O6. The molecule has 2 N–H and O–H groups in total. The summed E-state index contributed by atoms with van der Waals surface area (Å²) < 4.78 is 10.9. The molecule has 2 aliphatic heterocycles. The van der Waals surface area contributed by atoms with Crippen LogP contribution in [0.15, 0.2) is 97.1 Å². The van der Waals surface area contributed by atoms with Crippen molar-refractivity contribution in [3.05, 3.63) is 108 Å². The van der Waals surface area contributed by atoms with Gasteiger partial charge in [-0.05, 0) is 61.1 Å². The van der Waals surface area contributed by atoms with Crippen LogP contribution in [0.4, 0.5) is 21.2 Å². The first-order chi connectivity index (χ1) is 23.4. The number of nitrogens with one attached hydrogen (secondary N) is 2. The molecule has 4 heterocycles. The zero-order valence-corrected chi connectivity index (χ0v) is 26.3. The molecule has 2 atom stereocenters. The summed E-state index contributed by atoms with van der Waals surface area (Å²) >= 11 is 0. The molecule has 246 valence electrons. The van der Waals surface area contributed by atoms with Crippen LogP contribution in [0.2, 0.25) is 0 Å². The number of rotatable bonds is 9. The topological polar surface area (TPSA) is 143 Å². The van der Waals surface area contributed by atoms with E-state index in [-0.39, 0.29) is 25.0 Å². The maximum Gasteiger partial charge on any atom is 0.410 e. The van der Waals surface area contributed by atoms with Crippen molar-refractivity contribution < 1.29 is 28.7 Å². The van der Waals surface area contributed by atoms with E-state index in [0.29, 0.717) is 61.8 Å². The number of hydrogen-bond acceptors (Lipinski definition) is 8. The van der Waals surface area contributed by atoms with Crippen molar-refractivity contribution in [1.29, 1.82) is 0 Å². The molecule has 0 bridgehead atoms. The number of ether oxygens (including phenoxy) is 2. The van der Waals surface area contributed by atoms with Crippen LogP contribution in [0.1, 0.15) is 36.8 Å². The summed E-state index contributed by atoms with van der Waals surface area (Å²) in [5, 5.41) is 5.65. The van der Waals surface area contributed by atoms with Crippen LogP contribution in [-0.2, 0) is 32.3 Å². The molecule has 0 saturated carbocycles. The fourth-order valence-corrected chi connectivity index (χ4v) is 5.83. The molecular weight excluding hydrogens is 612 g/mol. The van der Waals surface area contributed by atoms with Crippen molar-refractivity contribution in [2.24, 2.45) is 0 Å². The highest BCUT2D eigenvalue weighted by Crippen LogP contribution is 2.24. The third kappa shape index (κ3) is 7.95. The average Bonchev–Trinajstić information content (AvgIpc) is 3.82. The molecule has 12 nitrogen and oxygen atoms in total. The minimum Gasteiger partial charge on any atom is -0.445 e. The monoisotopic (exact) mass is 648 g/mol. The Morgan fingerprint density at radius 1 is 0.583 bits per heavy atom. The van der Waals surface area contributed by atoms with Crippen LogP contribution in [0.5, 0.6) is 0 Å². The van der Waals surface area contributed by atoms with E-state index >= 15 is 0 Å². The van der Waals surface area contributed by atoms with Crippen LogP contribution in [-0.4, -0.2) is 68.9 Å². The van der Waals surface area contributed by atoms with Crippen molar-refractivity contribution in [1.82, 2.24) is 19.8 Å². The molecule has 0 radical (unpaired) electrons. The Morgan fingerprint density at radius 3 is 1.42 bits per heavy atom. The van der Waals surface area contributed by atoms with Crippen molar-refractivity contribution in [2.45, 2.75) is 51.0 Å². The highest BCUT2D eigenvalue weighted by atomic mass is 16.6. The molecule has 0 unspecified atom stereocenters. The summed E-state index contributed by atoms with van der Waals surface area (Å²) in [7, 11) is 0. The predicted octanol–water partition coefficient (Wildman–Crippen LogP) is 5.62. The van der Waals surface area contributed by atoms with Gasteiger partial charge in [-0.1, -0.05) is 72.8 Å². The van der Waals surface area contributed by atoms with Crippen LogP contribution in [0.3, 0.4) is 0 Å². The third-order valence-electron chi connectivity index (χ3n) is 8.25. The average molecular weight is 649 g/mol. The second kappa shape index (κ2) is 15.2. The molecule has 2 saturated heterocycles. The number of anilines is 2. The van der Waals surface area contributed by atoms with Gasteiger partial charge >= 0.3 is 12.2 Å². The number of pyridine rings is 2. The van der Waals surface area contributed by atoms with Gasteiger partial charge in [0.05, 0.1) is 11.4 Å². The molecule has 4 amide bonds. The number of amides is 4. The first-order valence-electron chi connectivity index (χ1n) is 16.0. The number of nitrogens with zero attached hydrogens (tertiary/aromatic N) is 4. The molecule has 2 aromatic carbocycles. The van der Waals surface area contributed by atoms with Crippen LogP contribution >= 0.6 is 0 Å². The summed E-state index contributed by atoms with van der Waals surface area (Å²) in [4.78, 5) is 64.1. The Kier molecular flexibility index (Phi) is 10.2. The van der Waals surface area contributed by atoms with Gasteiger partial charge in [-0.3, -0.25) is 19.4 Å². The first kappa shape index (κ1) is 32.2. The Morgan fingerprint density at radius 2 is 1.00 bits per heavy atom. The Labute approximate surface area is 278 Å². The molecule has 12 heteroatoms. The van der Waals surface area contributed by atoms with E-state index in [1.165, 1.54) is 9.80 Å². The fourth-order valence-electron chi connectivity index (χ4n) is 5.83. The standard InChI is InChI=1S/C36H36N6O6/c43-33(29-17-9-21-41(29)35(45)47-23-25-11-3-1-4-12-25)39-31-19-7-15-27(37-31)28-16-8-20-32(38-28)40-34(44)30-18-10-22-42(30)36(46)48-24-26-13-5-2-6-14-26/h1-8,11-16,19-20,29-30H,9-10,17-18,21-24H2,(H,37,39,43)(H,38,40,44)/t29-,30-/m0/s1. The maximum absolute atomic E-state index is 13.2. The number of carbonyl (C=O) groups excluding carboxylic acids is 4. The zero-order chi connectivity index (χ0) is 33.3. The highest BCUT2D eigenvalue weighted by Gasteiger charge is 2.36. The molecule has 0 aliphatic carbocycles. The summed E-state index contributed by atoms with van der Waals surface area (Å²) in [6, 6.07) is 27.7. The van der Waals surface area contributed by atoms with E-state index in [4.69, 9.17) is 9.47 Å². The van der Waals surface area contributed by atoms with Gasteiger partial charge < -0.3 is 20.1 Å². The number of likely N-dealkylation sites (tertiary alicyclic amines) is 2. The van der Waals surface area contributed by atoms with E-state index in [1.54, 1.807) is 36.4 Å². The minimum atomic E-state index is -0.679. The van der Waals surface area contributed by atoms with Gasteiger partial charge in [0.15, 0.2) is 0 Å². The summed E-state index contributed by atoms with van der Waals surface area (Å²) in [6.45, 7) is 1.10. The van der Waals surface area contributed by atoms with E-state index in [1.807, 2.05) is 60.7 Å². The van der Waals surface area contributed by atoms with Crippen LogP contribution < -0.4 is 10.6 Å². The van der Waals surface area contributed by atoms with Gasteiger partial charge in [0.25, 0.3) is 0 Å². The SMILES string of the molecule is O=C(Nc1cccc(-c2cccc(NC(=O)[C@@H]3CCCN3C(=O)OCc3ccccc3)n2)n1)[C@@H]1CCCN1C(=O)OCc1ccccc1. The van der Waals surface area contributed by atoms with E-state index in [2.05, 4.69) is 20.6 Å².